The zero-order valence-corrected chi connectivity index (χ0v) is 26.8. The van der Waals surface area contributed by atoms with Crippen molar-refractivity contribution in [2.75, 3.05) is 57.4 Å². The number of phenolic OH excluding ortho intramolecular Hbond substituents is 1. The molecular formula is C38H40FN5O3. The molecule has 0 spiro atoms. The van der Waals surface area contributed by atoms with Gasteiger partial charge in [-0.15, -0.1) is 6.42 Å². The van der Waals surface area contributed by atoms with Gasteiger partial charge in [0.2, 0.25) is 0 Å². The van der Waals surface area contributed by atoms with E-state index in [0.717, 1.165) is 88.0 Å². The van der Waals surface area contributed by atoms with Crippen molar-refractivity contribution < 1.29 is 19.0 Å². The van der Waals surface area contributed by atoms with Crippen LogP contribution in [0.25, 0.3) is 32.8 Å². The van der Waals surface area contributed by atoms with Crippen LogP contribution in [0.5, 0.6) is 11.8 Å². The van der Waals surface area contributed by atoms with Crippen molar-refractivity contribution in [2.45, 2.75) is 44.7 Å². The summed E-state index contributed by atoms with van der Waals surface area (Å²) in [6.07, 6.45) is 10.4. The Bertz CT molecular complexity index is 1930. The Morgan fingerprint density at radius 2 is 1.81 bits per heavy atom. The topological polar surface area (TPSA) is 83.0 Å². The van der Waals surface area contributed by atoms with Gasteiger partial charge < -0.3 is 29.7 Å². The van der Waals surface area contributed by atoms with E-state index in [-0.39, 0.29) is 22.7 Å². The number of rotatable bonds is 7. The van der Waals surface area contributed by atoms with Gasteiger partial charge in [0, 0.05) is 84.0 Å². The monoisotopic (exact) mass is 633 g/mol. The molecule has 4 unspecified atom stereocenters. The minimum Gasteiger partial charge on any atom is -0.508 e. The predicted molar refractivity (Wildman–Crippen MR) is 180 cm³/mol. The van der Waals surface area contributed by atoms with E-state index in [0.29, 0.717) is 58.4 Å². The van der Waals surface area contributed by atoms with E-state index < -0.39 is 5.82 Å². The number of aromatic nitrogens is 2. The van der Waals surface area contributed by atoms with Crippen LogP contribution in [0.4, 0.5) is 10.2 Å². The van der Waals surface area contributed by atoms with Gasteiger partial charge >= 0.3 is 6.01 Å². The fourth-order valence-electron chi connectivity index (χ4n) is 8.69. The van der Waals surface area contributed by atoms with E-state index >= 15 is 4.39 Å². The Balaban J connectivity index is 1.11. The largest absolute Gasteiger partial charge is 0.508 e. The van der Waals surface area contributed by atoms with Crippen LogP contribution in [0, 0.1) is 42.3 Å². The number of hydrogen-bond donors (Lipinski definition) is 2. The molecular weight excluding hydrogens is 593 g/mol. The third-order valence-corrected chi connectivity index (χ3v) is 11.4. The maximum atomic E-state index is 17.0. The Morgan fingerprint density at radius 3 is 2.53 bits per heavy atom. The van der Waals surface area contributed by atoms with Crippen LogP contribution in [0.3, 0.4) is 0 Å². The molecule has 3 aromatic carbocycles. The number of piperazine rings is 1. The van der Waals surface area contributed by atoms with Gasteiger partial charge in [0.25, 0.3) is 0 Å². The van der Waals surface area contributed by atoms with Crippen LogP contribution in [0.2, 0.25) is 0 Å². The minimum atomic E-state index is -0.475. The average Bonchev–Trinajstić information content (AvgIpc) is 3.30. The zero-order chi connectivity index (χ0) is 31.9. The highest BCUT2D eigenvalue weighted by Gasteiger charge is 2.48. The van der Waals surface area contributed by atoms with Gasteiger partial charge in [-0.3, -0.25) is 0 Å². The quantitative estimate of drug-likeness (QED) is 0.267. The molecule has 8 nitrogen and oxygen atoms in total. The summed E-state index contributed by atoms with van der Waals surface area (Å²) in [7, 11) is 0. The predicted octanol–water partition coefficient (Wildman–Crippen LogP) is 5.26. The first-order valence-corrected chi connectivity index (χ1v) is 17.0. The van der Waals surface area contributed by atoms with Crippen molar-refractivity contribution in [3.63, 3.8) is 0 Å². The van der Waals surface area contributed by atoms with Crippen molar-refractivity contribution in [1.29, 1.82) is 0 Å². The molecule has 9 rings (SSSR count). The third kappa shape index (κ3) is 5.09. The molecule has 4 aromatic rings. The Kier molecular flexibility index (Phi) is 6.86. The first kappa shape index (κ1) is 29.2. The normalized spacial score (nSPS) is 26.2. The number of nitrogens with zero attached hydrogens (tertiary/aromatic N) is 4. The highest BCUT2D eigenvalue weighted by atomic mass is 19.1. The molecule has 5 heterocycles. The number of aryl methyl sites for hydroxylation is 1. The second kappa shape index (κ2) is 11.0. The highest BCUT2D eigenvalue weighted by Crippen LogP contribution is 2.48. The summed E-state index contributed by atoms with van der Waals surface area (Å²) in [5, 5.41) is 16.5. The number of terminal acetylenes is 1. The van der Waals surface area contributed by atoms with E-state index in [1.54, 1.807) is 18.2 Å². The number of phenols is 1. The first-order chi connectivity index (χ1) is 22.9. The van der Waals surface area contributed by atoms with Crippen LogP contribution >= 0.6 is 0 Å². The third-order valence-electron chi connectivity index (χ3n) is 11.4. The summed E-state index contributed by atoms with van der Waals surface area (Å²) >= 11 is 0. The summed E-state index contributed by atoms with van der Waals surface area (Å²) in [4.78, 5) is 14.6. The summed E-state index contributed by atoms with van der Waals surface area (Å²) in [6.45, 7) is 9.00. The molecule has 1 aliphatic carbocycles. The Hall–Kier alpha value is -3.97. The van der Waals surface area contributed by atoms with Gasteiger partial charge in [-0.1, -0.05) is 24.1 Å². The smallest absolute Gasteiger partial charge is 0.319 e. The number of anilines is 1. The summed E-state index contributed by atoms with van der Waals surface area (Å²) in [5.41, 5.74) is 2.77. The standard InChI is InChI=1S/C38H40FN5O3/c1-3-29-22(2)4-5-23-12-28(45)13-32(33(23)29)30-8-9-31-35(34(30)39)41-37(42-36(31)44-16-26-6-7-27(17-44)40-26)47-21-38(10-11-38)20-43-14-24-18-46-19-25(24)15-43/h1,4-5,8-9,12-13,24-27,40,45H,6-7,10-11,14-21H2,2H3. The second-order valence-corrected chi connectivity index (χ2v) is 14.7. The van der Waals surface area contributed by atoms with E-state index in [1.807, 2.05) is 25.1 Å². The number of ether oxygens (including phenoxy) is 2. The van der Waals surface area contributed by atoms with E-state index in [1.165, 1.54) is 0 Å². The zero-order valence-electron chi connectivity index (χ0n) is 26.8. The van der Waals surface area contributed by atoms with Crippen molar-refractivity contribution in [1.82, 2.24) is 20.2 Å². The lowest BCUT2D eigenvalue weighted by atomic mass is 9.91. The number of likely N-dealkylation sites (tertiary alicyclic amines) is 1. The molecule has 4 atom stereocenters. The van der Waals surface area contributed by atoms with E-state index in [2.05, 4.69) is 21.0 Å². The van der Waals surface area contributed by atoms with Gasteiger partial charge in [0.15, 0.2) is 5.82 Å². The molecule has 1 saturated carbocycles. The first-order valence-electron chi connectivity index (χ1n) is 17.0. The SMILES string of the molecule is C#Cc1c(C)ccc2cc(O)cc(-c3ccc4c(N5CC6CCC(C5)N6)nc(OCC5(CN6CC7COCC7C6)CC5)nc4c3F)c12. The van der Waals surface area contributed by atoms with Crippen LogP contribution in [-0.4, -0.2) is 84.6 Å². The molecule has 242 valence electrons. The van der Waals surface area contributed by atoms with Crippen LogP contribution in [-0.2, 0) is 4.74 Å². The fraction of sp³-hybridized carbons (Fsp3) is 0.474. The molecule has 5 aliphatic rings. The van der Waals surface area contributed by atoms with E-state index in [9.17, 15) is 5.11 Å². The lowest BCUT2D eigenvalue weighted by Gasteiger charge is -2.34. The van der Waals surface area contributed by atoms with Crippen molar-refractivity contribution in [3.05, 3.63) is 53.3 Å². The molecule has 0 amide bonds. The molecule has 47 heavy (non-hydrogen) atoms. The molecule has 2 N–H and O–H groups in total. The number of benzene rings is 3. The Morgan fingerprint density at radius 1 is 1.04 bits per heavy atom. The van der Waals surface area contributed by atoms with Crippen molar-refractivity contribution >= 4 is 27.5 Å². The van der Waals surface area contributed by atoms with Crippen LogP contribution in [0.1, 0.15) is 36.8 Å². The molecule has 0 radical (unpaired) electrons. The molecule has 9 heteroatoms. The van der Waals surface area contributed by atoms with Gasteiger partial charge in [-0.25, -0.2) is 4.39 Å². The molecule has 5 fully saturated rings. The number of nitrogens with one attached hydrogen (secondary N) is 1. The average molecular weight is 634 g/mol. The lowest BCUT2D eigenvalue weighted by molar-refractivity contribution is 0.131. The highest BCUT2D eigenvalue weighted by molar-refractivity contribution is 6.04. The van der Waals surface area contributed by atoms with Crippen molar-refractivity contribution in [2.24, 2.45) is 17.3 Å². The summed E-state index contributed by atoms with van der Waals surface area (Å²) < 4.78 is 29.1. The maximum Gasteiger partial charge on any atom is 0.319 e. The number of hydrogen-bond acceptors (Lipinski definition) is 8. The Labute approximate surface area is 274 Å². The molecule has 1 aromatic heterocycles. The van der Waals surface area contributed by atoms with Crippen LogP contribution < -0.4 is 15.0 Å². The van der Waals surface area contributed by atoms with Crippen LogP contribution in [0.15, 0.2) is 36.4 Å². The lowest BCUT2D eigenvalue weighted by Crippen LogP contribution is -2.51. The number of aromatic hydroxyl groups is 1. The molecule has 4 saturated heterocycles. The van der Waals surface area contributed by atoms with Gasteiger partial charge in [0.05, 0.1) is 19.8 Å². The van der Waals surface area contributed by atoms with E-state index in [4.69, 9.17) is 25.9 Å². The number of halogens is 1. The second-order valence-electron chi connectivity index (χ2n) is 14.7. The molecule has 2 bridgehead atoms. The fourth-order valence-corrected chi connectivity index (χ4v) is 8.69. The summed E-state index contributed by atoms with van der Waals surface area (Å²) in [5.74, 6) is 4.38. The maximum absolute atomic E-state index is 17.0. The van der Waals surface area contributed by atoms with Crippen molar-refractivity contribution in [3.8, 4) is 35.2 Å². The minimum absolute atomic E-state index is 0.0476. The summed E-state index contributed by atoms with van der Waals surface area (Å²) in [6, 6.07) is 11.8. The van der Waals surface area contributed by atoms with Gasteiger partial charge in [-0.2, -0.15) is 9.97 Å². The van der Waals surface area contributed by atoms with Gasteiger partial charge in [-0.05, 0) is 67.3 Å². The molecule has 4 aliphatic heterocycles. The number of fused-ring (bicyclic) bond motifs is 5. The van der Waals surface area contributed by atoms with Gasteiger partial charge in [0.1, 0.15) is 17.1 Å².